The minimum Gasteiger partial charge on any atom is -0.484 e. The highest BCUT2D eigenvalue weighted by Crippen LogP contribution is 2.48. The zero-order valence-corrected chi connectivity index (χ0v) is 23.6. The zero-order valence-electron chi connectivity index (χ0n) is 22.9. The number of carbonyl (C=O) groups excluding carboxylic acids is 2. The molecule has 2 bridgehead atoms. The lowest BCUT2D eigenvalue weighted by molar-refractivity contribution is -0.140. The fraction of sp³-hybridized carbons (Fsp3) is 0.724. The summed E-state index contributed by atoms with van der Waals surface area (Å²) in [5.41, 5.74) is -1.86. The lowest BCUT2D eigenvalue weighted by Crippen LogP contribution is -2.71. The van der Waals surface area contributed by atoms with Crippen molar-refractivity contribution >= 4 is 23.4 Å². The Labute approximate surface area is 234 Å². The van der Waals surface area contributed by atoms with Crippen LogP contribution in [0.25, 0.3) is 0 Å². The molecule has 1 saturated heterocycles. The highest BCUT2D eigenvalue weighted by Gasteiger charge is 2.58. The fourth-order valence-electron chi connectivity index (χ4n) is 7.43. The maximum absolute atomic E-state index is 13.8. The third-order valence-corrected chi connectivity index (χ3v) is 10.00. The van der Waals surface area contributed by atoms with Crippen LogP contribution in [0, 0.1) is 11.7 Å². The Balaban J connectivity index is 1.19. The summed E-state index contributed by atoms with van der Waals surface area (Å²) in [5, 5.41) is 20.8. The molecule has 4 N–H and O–H groups in total. The number of hydrogen-bond acceptors (Lipinski definition) is 6. The van der Waals surface area contributed by atoms with E-state index in [-0.39, 0.29) is 35.4 Å². The number of rotatable bonds is 7. The summed E-state index contributed by atoms with van der Waals surface area (Å²) in [5.74, 6) is -0.550. The van der Waals surface area contributed by atoms with Gasteiger partial charge in [-0.1, -0.05) is 37.3 Å². The summed E-state index contributed by atoms with van der Waals surface area (Å²) in [6, 6.07) is 3.54. The highest BCUT2D eigenvalue weighted by molar-refractivity contribution is 6.30. The van der Waals surface area contributed by atoms with Crippen LogP contribution >= 0.6 is 11.6 Å². The van der Waals surface area contributed by atoms with E-state index in [2.05, 4.69) is 22.9 Å². The smallest absolute Gasteiger partial charge is 0.258 e. The third-order valence-electron chi connectivity index (χ3n) is 9.69. The molecule has 1 heterocycles. The normalized spacial score (nSPS) is 36.8. The number of halogens is 2. The number of nitrogens with one attached hydrogen (secondary N) is 3. The molecule has 4 aliphatic carbocycles. The molecular weight excluding hydrogens is 525 g/mol. The molecule has 1 aromatic carbocycles. The number of aliphatic hydroxyl groups is 1. The average molecular weight is 566 g/mol. The molecule has 4 atom stereocenters. The molecule has 2 amide bonds. The van der Waals surface area contributed by atoms with Crippen molar-refractivity contribution in [2.24, 2.45) is 5.92 Å². The number of hydrogen-bond donors (Lipinski definition) is 4. The first-order valence-corrected chi connectivity index (χ1v) is 14.7. The molecule has 6 rings (SSSR count). The van der Waals surface area contributed by atoms with Crippen LogP contribution in [0.5, 0.6) is 5.75 Å². The molecule has 10 heteroatoms. The van der Waals surface area contributed by atoms with Gasteiger partial charge in [-0.15, -0.1) is 0 Å². The second kappa shape index (κ2) is 11.1. The highest BCUT2D eigenvalue weighted by atomic mass is 35.5. The zero-order chi connectivity index (χ0) is 27.8. The molecule has 39 heavy (non-hydrogen) atoms. The molecule has 1 aromatic rings. The Morgan fingerprint density at radius 2 is 1.85 bits per heavy atom. The van der Waals surface area contributed by atoms with Crippen LogP contribution in [0.15, 0.2) is 18.2 Å². The molecule has 0 radical (unpaired) electrons. The molecule has 216 valence electrons. The van der Waals surface area contributed by atoms with Gasteiger partial charge in [-0.2, -0.15) is 0 Å². The summed E-state index contributed by atoms with van der Waals surface area (Å²) in [4.78, 5) is 26.5. The number of carbonyl (C=O) groups is 2. The summed E-state index contributed by atoms with van der Waals surface area (Å²) < 4.78 is 25.5. The maximum atomic E-state index is 13.8. The maximum Gasteiger partial charge on any atom is 0.258 e. The molecule has 8 nitrogen and oxygen atoms in total. The van der Waals surface area contributed by atoms with Gasteiger partial charge in [0.1, 0.15) is 23.8 Å². The van der Waals surface area contributed by atoms with Gasteiger partial charge in [-0.05, 0) is 76.8 Å². The van der Waals surface area contributed by atoms with Crippen molar-refractivity contribution < 1.29 is 28.6 Å². The van der Waals surface area contributed by atoms with E-state index in [4.69, 9.17) is 21.1 Å². The minimum atomic E-state index is -0.808. The van der Waals surface area contributed by atoms with Crippen molar-refractivity contribution in [2.75, 3.05) is 6.61 Å². The predicted molar refractivity (Wildman–Crippen MR) is 145 cm³/mol. The van der Waals surface area contributed by atoms with E-state index in [0.29, 0.717) is 38.0 Å². The van der Waals surface area contributed by atoms with Crippen LogP contribution in [0.1, 0.15) is 84.5 Å². The van der Waals surface area contributed by atoms with Crippen LogP contribution in [-0.4, -0.2) is 58.6 Å². The van der Waals surface area contributed by atoms with Gasteiger partial charge in [-0.25, -0.2) is 4.39 Å². The summed E-state index contributed by atoms with van der Waals surface area (Å²) in [6.07, 6.45) is 8.68. The van der Waals surface area contributed by atoms with E-state index >= 15 is 0 Å². The first-order valence-electron chi connectivity index (χ1n) is 14.4. The number of fused-ring (bicyclic) bond motifs is 3. The van der Waals surface area contributed by atoms with Gasteiger partial charge in [0.05, 0.1) is 22.3 Å². The number of benzene rings is 1. The van der Waals surface area contributed by atoms with E-state index in [9.17, 15) is 19.1 Å². The summed E-state index contributed by atoms with van der Waals surface area (Å²) in [6.45, 7) is 3.73. The van der Waals surface area contributed by atoms with Gasteiger partial charge in [0.2, 0.25) is 5.91 Å². The van der Waals surface area contributed by atoms with Crippen LogP contribution in [0.2, 0.25) is 5.02 Å². The van der Waals surface area contributed by atoms with E-state index < -0.39 is 34.6 Å². The van der Waals surface area contributed by atoms with Crippen LogP contribution in [0.3, 0.4) is 0 Å². The second-order valence-electron chi connectivity index (χ2n) is 12.3. The van der Waals surface area contributed by atoms with Gasteiger partial charge in [-0.3, -0.25) is 14.9 Å². The van der Waals surface area contributed by atoms with Gasteiger partial charge in [0.15, 0.2) is 6.61 Å². The van der Waals surface area contributed by atoms with Gasteiger partial charge >= 0.3 is 0 Å². The van der Waals surface area contributed by atoms with E-state index in [0.717, 1.165) is 31.7 Å². The van der Waals surface area contributed by atoms with Crippen molar-refractivity contribution in [3.63, 3.8) is 0 Å². The molecule has 4 saturated carbocycles. The van der Waals surface area contributed by atoms with E-state index in [1.54, 1.807) is 0 Å². The molecule has 4 unspecified atom stereocenters. The van der Waals surface area contributed by atoms with Gasteiger partial charge in [0.25, 0.3) is 5.91 Å². The first-order chi connectivity index (χ1) is 18.5. The molecular formula is C29H41ClFN3O5. The monoisotopic (exact) mass is 565 g/mol. The number of ether oxygens (including phenoxy) is 2. The topological polar surface area (TPSA) is 109 Å². The Hall–Kier alpha value is -1.94. The molecule has 0 aromatic heterocycles. The quantitative estimate of drug-likeness (QED) is 0.373. The first kappa shape index (κ1) is 28.6. The SMILES string of the molecule is CC1NC(C(=O)NC23CCC(NC(=O)COc4ccc(Cl)c(F)c4)(CC2)C(O)C3)C(C)(C2CCCCCC2)O1. The average Bonchev–Trinajstić information content (AvgIpc) is 3.05. The number of amides is 2. The summed E-state index contributed by atoms with van der Waals surface area (Å²) in [7, 11) is 0. The standard InChI is InChI=1S/C29H41ClFN3O5/c1-18-32-25(27(2,39-18)19-7-5-3-4-6-8-19)26(37)34-28-11-13-29(14-12-28,23(35)16-28)33-24(36)17-38-20-9-10-21(30)22(31)15-20/h9-10,15,18-19,23,25,32,35H,3-8,11-14,16-17H2,1-2H3,(H,33,36)(H,34,37). The Kier molecular flexibility index (Phi) is 8.17. The van der Waals surface area contributed by atoms with Crippen molar-refractivity contribution in [3.05, 3.63) is 29.0 Å². The second-order valence-corrected chi connectivity index (χ2v) is 12.7. The van der Waals surface area contributed by atoms with Gasteiger partial charge < -0.3 is 25.2 Å². The van der Waals surface area contributed by atoms with Gasteiger partial charge in [0, 0.05) is 11.6 Å². The van der Waals surface area contributed by atoms with Crippen molar-refractivity contribution in [1.29, 1.82) is 0 Å². The molecule has 5 aliphatic rings. The lowest BCUT2D eigenvalue weighted by atomic mass is 9.59. The Morgan fingerprint density at radius 1 is 1.15 bits per heavy atom. The van der Waals surface area contributed by atoms with Crippen molar-refractivity contribution in [1.82, 2.24) is 16.0 Å². The van der Waals surface area contributed by atoms with Crippen molar-refractivity contribution in [2.45, 2.75) is 120 Å². The van der Waals surface area contributed by atoms with E-state index in [1.165, 1.54) is 25.0 Å². The largest absolute Gasteiger partial charge is 0.484 e. The fourth-order valence-corrected chi connectivity index (χ4v) is 7.55. The van der Waals surface area contributed by atoms with Crippen LogP contribution in [-0.2, 0) is 14.3 Å². The Bertz CT molecular complexity index is 1070. The number of aliphatic hydroxyl groups excluding tert-OH is 1. The molecule has 0 spiro atoms. The summed E-state index contributed by atoms with van der Waals surface area (Å²) >= 11 is 5.70. The predicted octanol–water partition coefficient (Wildman–Crippen LogP) is 3.97. The lowest BCUT2D eigenvalue weighted by Gasteiger charge is -2.56. The van der Waals surface area contributed by atoms with E-state index in [1.807, 2.05) is 6.92 Å². The minimum absolute atomic E-state index is 0.0198. The van der Waals surface area contributed by atoms with Crippen LogP contribution < -0.4 is 20.7 Å². The molecule has 1 aliphatic heterocycles. The Morgan fingerprint density at radius 3 is 2.49 bits per heavy atom. The molecule has 5 fully saturated rings. The third kappa shape index (κ3) is 5.78. The van der Waals surface area contributed by atoms with Crippen LogP contribution in [0.4, 0.5) is 4.39 Å². The van der Waals surface area contributed by atoms with Crippen molar-refractivity contribution in [3.8, 4) is 5.75 Å².